The Bertz CT molecular complexity index is 165. The molecule has 0 bridgehead atoms. The van der Waals surface area contributed by atoms with Crippen LogP contribution in [-0.4, -0.2) is 51.0 Å². The van der Waals surface area contributed by atoms with Gasteiger partial charge in [0.15, 0.2) is 0 Å². The summed E-state index contributed by atoms with van der Waals surface area (Å²) in [7, 11) is 1.78. The monoisotopic (exact) mass is 199 g/mol. The standard InChI is InChI=1S/C11H21NO2/c1-13-7-5-12(11-2-3-11)8-10-4-6-14-9-10/h10-11H,2-9H2,1H3/t10-/m0/s1. The maximum Gasteiger partial charge on any atom is 0.0589 e. The van der Waals surface area contributed by atoms with E-state index in [1.807, 2.05) is 0 Å². The number of hydrogen-bond donors (Lipinski definition) is 0. The van der Waals surface area contributed by atoms with Crippen LogP contribution >= 0.6 is 0 Å². The first-order valence-electron chi connectivity index (χ1n) is 5.71. The summed E-state index contributed by atoms with van der Waals surface area (Å²) in [6.07, 6.45) is 4.02. The van der Waals surface area contributed by atoms with Crippen molar-refractivity contribution in [1.82, 2.24) is 4.90 Å². The first kappa shape index (κ1) is 10.4. The van der Waals surface area contributed by atoms with Crippen LogP contribution in [0.1, 0.15) is 19.3 Å². The molecule has 3 heteroatoms. The molecule has 82 valence electrons. The molecule has 0 aromatic carbocycles. The molecule has 2 fully saturated rings. The smallest absolute Gasteiger partial charge is 0.0589 e. The predicted octanol–water partition coefficient (Wildman–Crippen LogP) is 1.13. The SMILES string of the molecule is COCCN(C[C@@H]1CCOC1)C1CC1. The molecule has 0 amide bonds. The van der Waals surface area contributed by atoms with Crippen LogP contribution in [0.3, 0.4) is 0 Å². The molecule has 1 aliphatic carbocycles. The van der Waals surface area contributed by atoms with Gasteiger partial charge < -0.3 is 9.47 Å². The Kier molecular flexibility index (Phi) is 3.79. The third-order valence-electron chi connectivity index (χ3n) is 3.16. The van der Waals surface area contributed by atoms with Gasteiger partial charge in [-0.05, 0) is 25.2 Å². The van der Waals surface area contributed by atoms with E-state index >= 15 is 0 Å². The van der Waals surface area contributed by atoms with Crippen molar-refractivity contribution < 1.29 is 9.47 Å². The summed E-state index contributed by atoms with van der Waals surface area (Å²) in [6, 6.07) is 0.853. The quantitative estimate of drug-likeness (QED) is 0.640. The Hall–Kier alpha value is -0.120. The van der Waals surface area contributed by atoms with Crippen LogP contribution in [0.15, 0.2) is 0 Å². The molecule has 0 unspecified atom stereocenters. The summed E-state index contributed by atoms with van der Waals surface area (Å²) in [5, 5.41) is 0. The molecule has 0 spiro atoms. The van der Waals surface area contributed by atoms with Crippen LogP contribution < -0.4 is 0 Å². The first-order chi connectivity index (χ1) is 6.90. The molecule has 0 radical (unpaired) electrons. The minimum Gasteiger partial charge on any atom is -0.383 e. The first-order valence-corrected chi connectivity index (χ1v) is 5.71. The number of rotatable bonds is 6. The van der Waals surface area contributed by atoms with E-state index in [2.05, 4.69) is 4.90 Å². The Morgan fingerprint density at radius 2 is 2.21 bits per heavy atom. The fraction of sp³-hybridized carbons (Fsp3) is 1.00. The van der Waals surface area contributed by atoms with Crippen molar-refractivity contribution in [3.05, 3.63) is 0 Å². The molecular formula is C11H21NO2. The molecule has 1 heterocycles. The third-order valence-corrected chi connectivity index (χ3v) is 3.16. The summed E-state index contributed by atoms with van der Waals surface area (Å²) in [5.74, 6) is 0.771. The molecule has 14 heavy (non-hydrogen) atoms. The number of hydrogen-bond acceptors (Lipinski definition) is 3. The molecule has 0 aromatic rings. The second kappa shape index (κ2) is 5.10. The van der Waals surface area contributed by atoms with Crippen LogP contribution in [0.5, 0.6) is 0 Å². The lowest BCUT2D eigenvalue weighted by Gasteiger charge is -2.24. The van der Waals surface area contributed by atoms with Gasteiger partial charge >= 0.3 is 0 Å². The highest BCUT2D eigenvalue weighted by molar-refractivity contribution is 4.86. The highest BCUT2D eigenvalue weighted by Crippen LogP contribution is 2.28. The van der Waals surface area contributed by atoms with Crippen molar-refractivity contribution in [2.75, 3.05) is 40.0 Å². The largest absolute Gasteiger partial charge is 0.383 e. The van der Waals surface area contributed by atoms with Gasteiger partial charge in [0.05, 0.1) is 13.2 Å². The lowest BCUT2D eigenvalue weighted by molar-refractivity contribution is 0.124. The van der Waals surface area contributed by atoms with Crippen molar-refractivity contribution in [2.45, 2.75) is 25.3 Å². The normalized spacial score (nSPS) is 27.4. The Balaban J connectivity index is 1.71. The van der Waals surface area contributed by atoms with Crippen molar-refractivity contribution in [2.24, 2.45) is 5.92 Å². The second-order valence-electron chi connectivity index (χ2n) is 4.45. The van der Waals surface area contributed by atoms with Crippen LogP contribution in [0, 0.1) is 5.92 Å². The van der Waals surface area contributed by atoms with Gasteiger partial charge in [0, 0.05) is 32.8 Å². The summed E-state index contributed by atoms with van der Waals surface area (Å²) < 4.78 is 10.5. The van der Waals surface area contributed by atoms with E-state index in [1.165, 1.54) is 25.8 Å². The second-order valence-corrected chi connectivity index (χ2v) is 4.45. The number of ether oxygens (including phenoxy) is 2. The lowest BCUT2D eigenvalue weighted by Crippen LogP contribution is -2.34. The van der Waals surface area contributed by atoms with E-state index in [0.717, 1.165) is 38.3 Å². The molecule has 1 saturated carbocycles. The van der Waals surface area contributed by atoms with Gasteiger partial charge in [0.2, 0.25) is 0 Å². The van der Waals surface area contributed by atoms with E-state index in [-0.39, 0.29) is 0 Å². The Labute approximate surface area is 86.4 Å². The summed E-state index contributed by atoms with van der Waals surface area (Å²) >= 11 is 0. The lowest BCUT2D eigenvalue weighted by atomic mass is 10.1. The zero-order valence-corrected chi connectivity index (χ0v) is 9.08. The molecule has 3 nitrogen and oxygen atoms in total. The highest BCUT2D eigenvalue weighted by atomic mass is 16.5. The van der Waals surface area contributed by atoms with E-state index in [1.54, 1.807) is 7.11 Å². The molecule has 2 aliphatic rings. The van der Waals surface area contributed by atoms with Crippen LogP contribution in [-0.2, 0) is 9.47 Å². The van der Waals surface area contributed by atoms with Gasteiger partial charge in [-0.1, -0.05) is 0 Å². The van der Waals surface area contributed by atoms with Gasteiger partial charge in [-0.3, -0.25) is 4.90 Å². The average molecular weight is 199 g/mol. The zero-order valence-electron chi connectivity index (χ0n) is 9.08. The highest BCUT2D eigenvalue weighted by Gasteiger charge is 2.31. The van der Waals surface area contributed by atoms with E-state index in [4.69, 9.17) is 9.47 Å². The van der Waals surface area contributed by atoms with Gasteiger partial charge in [-0.15, -0.1) is 0 Å². The fourth-order valence-corrected chi connectivity index (χ4v) is 2.13. The number of methoxy groups -OCH3 is 1. The van der Waals surface area contributed by atoms with E-state index in [9.17, 15) is 0 Å². The molecule has 1 saturated heterocycles. The van der Waals surface area contributed by atoms with Crippen molar-refractivity contribution in [1.29, 1.82) is 0 Å². The van der Waals surface area contributed by atoms with Crippen molar-refractivity contribution in [3.63, 3.8) is 0 Å². The minimum atomic E-state index is 0.771. The summed E-state index contributed by atoms with van der Waals surface area (Å²) in [4.78, 5) is 2.59. The zero-order chi connectivity index (χ0) is 9.80. The van der Waals surface area contributed by atoms with Crippen LogP contribution in [0.25, 0.3) is 0 Å². The van der Waals surface area contributed by atoms with E-state index in [0.29, 0.717) is 0 Å². The summed E-state index contributed by atoms with van der Waals surface area (Å²) in [5.41, 5.74) is 0. The Morgan fingerprint density at radius 3 is 2.79 bits per heavy atom. The Morgan fingerprint density at radius 1 is 1.36 bits per heavy atom. The van der Waals surface area contributed by atoms with Gasteiger partial charge in [-0.25, -0.2) is 0 Å². The summed E-state index contributed by atoms with van der Waals surface area (Å²) in [6.45, 7) is 5.11. The van der Waals surface area contributed by atoms with Crippen molar-refractivity contribution >= 4 is 0 Å². The van der Waals surface area contributed by atoms with E-state index < -0.39 is 0 Å². The fourth-order valence-electron chi connectivity index (χ4n) is 2.13. The van der Waals surface area contributed by atoms with Gasteiger partial charge in [0.25, 0.3) is 0 Å². The van der Waals surface area contributed by atoms with Crippen LogP contribution in [0.4, 0.5) is 0 Å². The molecular weight excluding hydrogens is 178 g/mol. The molecule has 0 N–H and O–H groups in total. The van der Waals surface area contributed by atoms with Crippen molar-refractivity contribution in [3.8, 4) is 0 Å². The van der Waals surface area contributed by atoms with Crippen LogP contribution in [0.2, 0.25) is 0 Å². The predicted molar refractivity (Wildman–Crippen MR) is 55.4 cm³/mol. The molecule has 1 aliphatic heterocycles. The average Bonchev–Trinajstić information content (AvgIpc) is 2.92. The maximum absolute atomic E-state index is 5.40. The molecule has 2 rings (SSSR count). The molecule has 0 aromatic heterocycles. The number of nitrogens with zero attached hydrogens (tertiary/aromatic N) is 1. The van der Waals surface area contributed by atoms with Gasteiger partial charge in [-0.2, -0.15) is 0 Å². The maximum atomic E-state index is 5.40. The molecule has 1 atom stereocenters. The van der Waals surface area contributed by atoms with Gasteiger partial charge in [0.1, 0.15) is 0 Å². The topological polar surface area (TPSA) is 21.7 Å². The minimum absolute atomic E-state index is 0.771. The third kappa shape index (κ3) is 2.94.